The predicted octanol–water partition coefficient (Wildman–Crippen LogP) is 4.23. The summed E-state index contributed by atoms with van der Waals surface area (Å²) in [5.41, 5.74) is -1.37. The number of carbonyl (C=O) groups is 2. The summed E-state index contributed by atoms with van der Waals surface area (Å²) < 4.78 is 33.5. The van der Waals surface area contributed by atoms with Crippen molar-refractivity contribution < 1.29 is 23.1 Å². The van der Waals surface area contributed by atoms with Crippen molar-refractivity contribution in [1.82, 2.24) is 19.9 Å². The molecule has 0 aromatic carbocycles. The first-order chi connectivity index (χ1) is 19.1. The Bertz CT molecular complexity index is 1660. The van der Waals surface area contributed by atoms with E-state index in [0.717, 1.165) is 35.9 Å². The van der Waals surface area contributed by atoms with Gasteiger partial charge in [0, 0.05) is 29.4 Å². The zero-order chi connectivity index (χ0) is 29.0. The van der Waals surface area contributed by atoms with Crippen LogP contribution in [-0.2, 0) is 0 Å². The average Bonchev–Trinajstić information content (AvgIpc) is 3.75. The number of aromatic nitrogens is 3. The van der Waals surface area contributed by atoms with Crippen molar-refractivity contribution in [3.8, 4) is 34.5 Å². The maximum atomic E-state index is 13.6. The van der Waals surface area contributed by atoms with Crippen molar-refractivity contribution in [2.75, 3.05) is 7.11 Å². The van der Waals surface area contributed by atoms with Crippen LogP contribution < -0.4 is 15.6 Å². The molecule has 204 valence electrons. The predicted molar refractivity (Wildman–Crippen MR) is 146 cm³/mol. The lowest BCUT2D eigenvalue weighted by molar-refractivity contribution is 0.0976. The topological polar surface area (TPSA) is 151 Å². The number of nitrogens with one attached hydrogen (secondary N) is 3. The third-order valence-electron chi connectivity index (χ3n) is 5.73. The van der Waals surface area contributed by atoms with Gasteiger partial charge in [0.15, 0.2) is 11.0 Å². The molecule has 1 aliphatic carbocycles. The van der Waals surface area contributed by atoms with Gasteiger partial charge in [-0.1, -0.05) is 5.92 Å². The van der Waals surface area contributed by atoms with Gasteiger partial charge in [-0.25, -0.2) is 13.8 Å². The maximum Gasteiger partial charge on any atom is 0.280 e. The molecule has 1 fully saturated rings. The molecule has 0 atom stereocenters. The Morgan fingerprint density at radius 3 is 2.58 bits per heavy atom. The summed E-state index contributed by atoms with van der Waals surface area (Å²) in [7, 11) is 1.30. The molecule has 3 heterocycles. The number of Topliss-reactive ketones (excluding diaryl/α,β-unsaturated/α-hetero) is 1. The number of ether oxygens (including phenoxy) is 1. The van der Waals surface area contributed by atoms with Crippen molar-refractivity contribution in [1.29, 1.82) is 10.8 Å². The summed E-state index contributed by atoms with van der Waals surface area (Å²) in [4.78, 5) is 46.0. The molecule has 1 amide bonds. The monoisotopic (exact) mass is 564 g/mol. The van der Waals surface area contributed by atoms with E-state index in [0.29, 0.717) is 11.8 Å². The van der Waals surface area contributed by atoms with E-state index < -0.39 is 29.4 Å². The number of hydrogen-bond acceptors (Lipinski definition) is 9. The van der Waals surface area contributed by atoms with E-state index >= 15 is 0 Å². The molecule has 1 aliphatic rings. The number of ketones is 1. The average molecular weight is 565 g/mol. The van der Waals surface area contributed by atoms with Gasteiger partial charge in [0.25, 0.3) is 17.9 Å². The molecule has 3 N–H and O–H groups in total. The Kier molecular flexibility index (Phi) is 8.49. The molecule has 0 saturated heterocycles. The molecule has 0 spiro atoms. The zero-order valence-electron chi connectivity index (χ0n) is 21.2. The van der Waals surface area contributed by atoms with Crippen molar-refractivity contribution >= 4 is 33.7 Å². The summed E-state index contributed by atoms with van der Waals surface area (Å²) in [5, 5.41) is 17.9. The Morgan fingerprint density at radius 1 is 1.18 bits per heavy atom. The van der Waals surface area contributed by atoms with Gasteiger partial charge in [-0.05, 0) is 61.7 Å². The van der Waals surface area contributed by atoms with Crippen LogP contribution in [0.2, 0.25) is 0 Å². The van der Waals surface area contributed by atoms with E-state index in [9.17, 15) is 23.2 Å². The molecule has 0 aliphatic heterocycles. The number of nitrogens with zero attached hydrogens (tertiary/aromatic N) is 3. The van der Waals surface area contributed by atoms with Crippen LogP contribution in [0, 0.1) is 28.6 Å². The summed E-state index contributed by atoms with van der Waals surface area (Å²) >= 11 is 0.644. The zero-order valence-corrected chi connectivity index (χ0v) is 22.1. The fourth-order valence-corrected chi connectivity index (χ4v) is 4.05. The van der Waals surface area contributed by atoms with Crippen molar-refractivity contribution in [3.05, 3.63) is 70.0 Å². The molecule has 10 nitrogen and oxygen atoms in total. The summed E-state index contributed by atoms with van der Waals surface area (Å²) in [5.74, 6) is 4.57. The quantitative estimate of drug-likeness (QED) is 0.175. The SMILES string of the molecule is COc1cnc(C(F)F)cc1-c1cc(-n2cccc(C(C)=O)c2=O)ncc1C(=O)NC(=N)SC(=N)C#CC1CC1. The van der Waals surface area contributed by atoms with Gasteiger partial charge in [0.05, 0.1) is 24.4 Å². The molecule has 3 aromatic rings. The Hall–Kier alpha value is -4.70. The Morgan fingerprint density at radius 2 is 1.93 bits per heavy atom. The minimum absolute atomic E-state index is 0.00121. The van der Waals surface area contributed by atoms with E-state index in [4.69, 9.17) is 15.6 Å². The maximum absolute atomic E-state index is 13.6. The second-order valence-electron chi connectivity index (χ2n) is 8.61. The summed E-state index contributed by atoms with van der Waals surface area (Å²) in [6.07, 6.45) is 2.59. The van der Waals surface area contributed by atoms with Gasteiger partial charge in [0.1, 0.15) is 22.3 Å². The highest BCUT2D eigenvalue weighted by Crippen LogP contribution is 2.35. The van der Waals surface area contributed by atoms with Gasteiger partial charge in [-0.2, -0.15) is 0 Å². The van der Waals surface area contributed by atoms with E-state index in [1.54, 1.807) is 0 Å². The van der Waals surface area contributed by atoms with Crippen LogP contribution in [0.5, 0.6) is 5.75 Å². The molecular formula is C27H22F2N6O4S. The minimum Gasteiger partial charge on any atom is -0.494 e. The second kappa shape index (κ2) is 12.0. The van der Waals surface area contributed by atoms with E-state index in [-0.39, 0.29) is 50.0 Å². The number of pyridine rings is 3. The number of thioether (sulfide) groups is 1. The van der Waals surface area contributed by atoms with Crippen LogP contribution in [0.15, 0.2) is 47.7 Å². The van der Waals surface area contributed by atoms with E-state index in [2.05, 4.69) is 27.1 Å². The number of hydrogen-bond donors (Lipinski definition) is 3. The molecule has 1 saturated carbocycles. The number of carbonyl (C=O) groups excluding carboxylic acids is 2. The number of amides is 1. The fraction of sp³-hybridized carbons (Fsp3) is 0.222. The first-order valence-corrected chi connectivity index (χ1v) is 12.6. The van der Waals surface area contributed by atoms with Crippen molar-refractivity contribution in [2.45, 2.75) is 26.2 Å². The van der Waals surface area contributed by atoms with Crippen LogP contribution in [0.1, 0.15) is 52.6 Å². The fourth-order valence-electron chi connectivity index (χ4n) is 3.59. The normalized spacial score (nSPS) is 12.3. The number of rotatable bonds is 6. The lowest BCUT2D eigenvalue weighted by atomic mass is 10.00. The van der Waals surface area contributed by atoms with E-state index in [1.165, 1.54) is 38.4 Å². The number of alkyl halides is 2. The summed E-state index contributed by atoms with van der Waals surface area (Å²) in [6, 6.07) is 5.20. The third-order valence-corrected chi connectivity index (χ3v) is 6.34. The molecule has 0 unspecified atom stereocenters. The molecule has 13 heteroatoms. The second-order valence-corrected chi connectivity index (χ2v) is 9.63. The smallest absolute Gasteiger partial charge is 0.280 e. The van der Waals surface area contributed by atoms with Crippen LogP contribution in [-0.4, -0.2) is 43.5 Å². The van der Waals surface area contributed by atoms with Gasteiger partial charge in [-0.3, -0.25) is 34.8 Å². The van der Waals surface area contributed by atoms with Gasteiger partial charge < -0.3 is 10.1 Å². The first-order valence-electron chi connectivity index (χ1n) is 11.8. The number of amidine groups is 1. The molecule has 3 aromatic heterocycles. The molecule has 40 heavy (non-hydrogen) atoms. The molecule has 0 bridgehead atoms. The number of halogens is 2. The van der Waals surface area contributed by atoms with Crippen LogP contribution >= 0.6 is 11.8 Å². The summed E-state index contributed by atoms with van der Waals surface area (Å²) in [6.45, 7) is 1.24. The van der Waals surface area contributed by atoms with Crippen LogP contribution in [0.4, 0.5) is 8.78 Å². The largest absolute Gasteiger partial charge is 0.494 e. The number of methoxy groups -OCH3 is 1. The van der Waals surface area contributed by atoms with Crippen molar-refractivity contribution in [3.63, 3.8) is 0 Å². The minimum atomic E-state index is -2.93. The van der Waals surface area contributed by atoms with Gasteiger partial charge in [-0.15, -0.1) is 0 Å². The third kappa shape index (κ3) is 6.47. The molecule has 0 radical (unpaired) electrons. The Balaban J connectivity index is 1.78. The van der Waals surface area contributed by atoms with Gasteiger partial charge >= 0.3 is 0 Å². The Labute approximate surface area is 231 Å². The first kappa shape index (κ1) is 28.3. The molecular weight excluding hydrogens is 542 g/mol. The lowest BCUT2D eigenvalue weighted by Gasteiger charge is -2.16. The van der Waals surface area contributed by atoms with E-state index in [1.807, 2.05) is 0 Å². The highest BCUT2D eigenvalue weighted by Gasteiger charge is 2.23. The highest BCUT2D eigenvalue weighted by atomic mass is 32.2. The molecule has 4 rings (SSSR count). The highest BCUT2D eigenvalue weighted by molar-refractivity contribution is 8.26. The van der Waals surface area contributed by atoms with Crippen LogP contribution in [0.3, 0.4) is 0 Å². The lowest BCUT2D eigenvalue weighted by Crippen LogP contribution is -2.29. The van der Waals surface area contributed by atoms with Crippen LogP contribution in [0.25, 0.3) is 16.9 Å². The standard InChI is InChI=1S/C27H22F2N6O4S/c1-14(36)16-4-3-9-35(26(16)38)23-11-17(18-10-20(24(28)29)32-13-21(18)39-2)19(12-33-23)25(37)34-27(31)40-22(30)8-7-15-5-6-15/h3-4,9-13,15,24,30H,5-6H2,1-2H3,(H2,31,34,37). The van der Waals surface area contributed by atoms with Crippen molar-refractivity contribution in [2.24, 2.45) is 5.92 Å². The van der Waals surface area contributed by atoms with Gasteiger partial charge in [0.2, 0.25) is 0 Å².